The lowest BCUT2D eigenvalue weighted by atomic mass is 10.1. The predicted octanol–water partition coefficient (Wildman–Crippen LogP) is 3.08. The van der Waals surface area contributed by atoms with Crippen LogP contribution in [-0.4, -0.2) is 7.11 Å². The van der Waals surface area contributed by atoms with Crippen LogP contribution >= 0.6 is 11.6 Å². The molecule has 2 N–H and O–H groups in total. The van der Waals surface area contributed by atoms with Gasteiger partial charge in [0.15, 0.2) is 0 Å². The number of halogens is 1. The Bertz CT molecular complexity index is 482. The van der Waals surface area contributed by atoms with E-state index >= 15 is 0 Å². The number of ether oxygens (including phenoxy) is 1. The van der Waals surface area contributed by atoms with Gasteiger partial charge >= 0.3 is 0 Å². The topological polar surface area (TPSA) is 35.2 Å². The van der Waals surface area contributed by atoms with Gasteiger partial charge in [-0.15, -0.1) is 0 Å². The highest BCUT2D eigenvalue weighted by Crippen LogP contribution is 2.35. The van der Waals surface area contributed by atoms with Crippen molar-refractivity contribution in [3.8, 4) is 5.75 Å². The summed E-state index contributed by atoms with van der Waals surface area (Å²) < 4.78 is 5.12. The van der Waals surface area contributed by atoms with Crippen LogP contribution in [0.2, 0.25) is 5.02 Å². The Hall–Kier alpha value is -1.41. The van der Waals surface area contributed by atoms with Crippen molar-refractivity contribution in [1.29, 1.82) is 0 Å². The summed E-state index contributed by atoms with van der Waals surface area (Å²) in [5, 5.41) is 2.54. The third-order valence-corrected chi connectivity index (χ3v) is 2.53. The van der Waals surface area contributed by atoms with Crippen LogP contribution in [0, 0.1) is 0 Å². The summed E-state index contributed by atoms with van der Waals surface area (Å²) in [4.78, 5) is 0. The van der Waals surface area contributed by atoms with E-state index < -0.39 is 0 Å². The second-order valence-corrected chi connectivity index (χ2v) is 3.43. The van der Waals surface area contributed by atoms with E-state index in [9.17, 15) is 0 Å². The molecule has 0 atom stereocenters. The molecule has 0 heterocycles. The van der Waals surface area contributed by atoms with Crippen LogP contribution in [0.15, 0.2) is 30.3 Å². The third kappa shape index (κ3) is 1.28. The Morgan fingerprint density at radius 3 is 2.50 bits per heavy atom. The molecule has 2 aromatic rings. The normalized spacial score (nSPS) is 10.4. The highest BCUT2D eigenvalue weighted by Gasteiger charge is 2.07. The number of fused-ring (bicyclic) bond motifs is 1. The summed E-state index contributed by atoms with van der Waals surface area (Å²) in [7, 11) is 1.58. The smallest absolute Gasteiger partial charge is 0.143 e. The molecule has 0 aromatic heterocycles. The largest absolute Gasteiger partial charge is 0.495 e. The maximum atomic E-state index is 6.08. The molecule has 2 nitrogen and oxygen atoms in total. The van der Waals surface area contributed by atoms with Crippen molar-refractivity contribution in [1.82, 2.24) is 0 Å². The van der Waals surface area contributed by atoms with Gasteiger partial charge in [-0.1, -0.05) is 35.9 Å². The van der Waals surface area contributed by atoms with Crippen LogP contribution in [0.3, 0.4) is 0 Å². The van der Waals surface area contributed by atoms with E-state index in [0.29, 0.717) is 16.5 Å². The Labute approximate surface area is 87.2 Å². The van der Waals surface area contributed by atoms with Gasteiger partial charge in [0.2, 0.25) is 0 Å². The zero-order valence-electron chi connectivity index (χ0n) is 7.75. The van der Waals surface area contributed by atoms with Crippen LogP contribution in [0.1, 0.15) is 0 Å². The average molecular weight is 208 g/mol. The minimum Gasteiger partial charge on any atom is -0.495 e. The number of methoxy groups -OCH3 is 1. The standard InChI is InChI=1S/C11H10ClNO/c1-14-10-6-9(12)7-4-2-3-5-8(7)11(10)13/h2-6H,13H2,1H3. The summed E-state index contributed by atoms with van der Waals surface area (Å²) in [6, 6.07) is 9.46. The molecule has 0 spiro atoms. The third-order valence-electron chi connectivity index (χ3n) is 2.22. The summed E-state index contributed by atoms with van der Waals surface area (Å²) >= 11 is 6.08. The molecule has 0 bridgehead atoms. The second-order valence-electron chi connectivity index (χ2n) is 3.02. The van der Waals surface area contributed by atoms with Gasteiger partial charge in [0, 0.05) is 16.8 Å². The van der Waals surface area contributed by atoms with E-state index in [0.717, 1.165) is 10.8 Å². The predicted molar refractivity (Wildman–Crippen MR) is 59.9 cm³/mol. The van der Waals surface area contributed by atoms with E-state index in [1.54, 1.807) is 13.2 Å². The lowest BCUT2D eigenvalue weighted by molar-refractivity contribution is 0.417. The lowest BCUT2D eigenvalue weighted by Gasteiger charge is -2.09. The van der Waals surface area contributed by atoms with E-state index in [1.165, 1.54) is 0 Å². The zero-order valence-corrected chi connectivity index (χ0v) is 8.51. The highest BCUT2D eigenvalue weighted by atomic mass is 35.5. The minimum atomic E-state index is 0.619. The monoisotopic (exact) mass is 207 g/mol. The minimum absolute atomic E-state index is 0.619. The van der Waals surface area contributed by atoms with Gasteiger partial charge < -0.3 is 10.5 Å². The van der Waals surface area contributed by atoms with Gasteiger partial charge in [-0.2, -0.15) is 0 Å². The summed E-state index contributed by atoms with van der Waals surface area (Å²) in [6.07, 6.45) is 0. The zero-order chi connectivity index (χ0) is 10.1. The van der Waals surface area contributed by atoms with Crippen LogP contribution in [-0.2, 0) is 0 Å². The van der Waals surface area contributed by atoms with Gasteiger partial charge in [0.1, 0.15) is 5.75 Å². The molecule has 0 fully saturated rings. The lowest BCUT2D eigenvalue weighted by Crippen LogP contribution is -1.93. The molecule has 3 heteroatoms. The van der Waals surface area contributed by atoms with Crippen LogP contribution in [0.5, 0.6) is 5.75 Å². The van der Waals surface area contributed by atoms with Crippen molar-refractivity contribution in [3.05, 3.63) is 35.4 Å². The SMILES string of the molecule is COc1cc(Cl)c2ccccc2c1N. The molecule has 0 aliphatic carbocycles. The molecule has 72 valence electrons. The Morgan fingerprint density at radius 1 is 1.21 bits per heavy atom. The summed E-state index contributed by atoms with van der Waals surface area (Å²) in [6.45, 7) is 0. The molecular formula is C11H10ClNO. The Morgan fingerprint density at radius 2 is 1.86 bits per heavy atom. The van der Waals surface area contributed by atoms with Gasteiger partial charge in [-0.05, 0) is 0 Å². The molecule has 0 aliphatic rings. The van der Waals surface area contributed by atoms with E-state index in [4.69, 9.17) is 22.1 Å². The van der Waals surface area contributed by atoms with Crippen LogP contribution < -0.4 is 10.5 Å². The van der Waals surface area contributed by atoms with Gasteiger partial charge in [0.05, 0.1) is 17.8 Å². The maximum absolute atomic E-state index is 6.08. The molecule has 2 aromatic carbocycles. The number of rotatable bonds is 1. The molecule has 2 rings (SSSR count). The molecule has 0 saturated carbocycles. The molecule has 0 saturated heterocycles. The first kappa shape index (κ1) is 9.16. The number of hydrogen-bond donors (Lipinski definition) is 1. The van der Waals surface area contributed by atoms with Gasteiger partial charge in [-0.25, -0.2) is 0 Å². The summed E-state index contributed by atoms with van der Waals surface area (Å²) in [5.74, 6) is 0.619. The first-order valence-electron chi connectivity index (χ1n) is 4.24. The van der Waals surface area contributed by atoms with Gasteiger partial charge in [-0.3, -0.25) is 0 Å². The molecule has 0 unspecified atom stereocenters. The average Bonchev–Trinajstić information content (AvgIpc) is 2.23. The number of hydrogen-bond acceptors (Lipinski definition) is 2. The van der Waals surface area contributed by atoms with Crippen molar-refractivity contribution < 1.29 is 4.74 Å². The van der Waals surface area contributed by atoms with E-state index in [1.807, 2.05) is 24.3 Å². The molecule has 0 amide bonds. The summed E-state index contributed by atoms with van der Waals surface area (Å²) in [5.41, 5.74) is 6.55. The first-order valence-corrected chi connectivity index (χ1v) is 4.62. The number of benzene rings is 2. The number of nitrogens with two attached hydrogens (primary N) is 1. The fourth-order valence-corrected chi connectivity index (χ4v) is 1.76. The molecule has 14 heavy (non-hydrogen) atoms. The molecule has 0 aliphatic heterocycles. The fourth-order valence-electron chi connectivity index (χ4n) is 1.50. The van der Waals surface area contributed by atoms with Crippen molar-refractivity contribution in [2.75, 3.05) is 12.8 Å². The second kappa shape index (κ2) is 3.39. The quantitative estimate of drug-likeness (QED) is 0.730. The Kier molecular flexibility index (Phi) is 2.22. The van der Waals surface area contributed by atoms with Crippen molar-refractivity contribution in [2.45, 2.75) is 0 Å². The van der Waals surface area contributed by atoms with Crippen LogP contribution in [0.25, 0.3) is 10.8 Å². The Balaban J connectivity index is 2.87. The van der Waals surface area contributed by atoms with E-state index in [-0.39, 0.29) is 0 Å². The fraction of sp³-hybridized carbons (Fsp3) is 0.0909. The van der Waals surface area contributed by atoms with Crippen molar-refractivity contribution >= 4 is 28.1 Å². The van der Waals surface area contributed by atoms with E-state index in [2.05, 4.69) is 0 Å². The molecule has 0 radical (unpaired) electrons. The first-order chi connectivity index (χ1) is 6.74. The van der Waals surface area contributed by atoms with Crippen molar-refractivity contribution in [2.24, 2.45) is 0 Å². The highest BCUT2D eigenvalue weighted by molar-refractivity contribution is 6.36. The maximum Gasteiger partial charge on any atom is 0.143 e. The number of nitrogen functional groups attached to an aromatic ring is 1. The number of anilines is 1. The van der Waals surface area contributed by atoms with Crippen molar-refractivity contribution in [3.63, 3.8) is 0 Å². The molecular weight excluding hydrogens is 198 g/mol. The van der Waals surface area contributed by atoms with Gasteiger partial charge in [0.25, 0.3) is 0 Å². The van der Waals surface area contributed by atoms with Crippen LogP contribution in [0.4, 0.5) is 5.69 Å².